The zero-order chi connectivity index (χ0) is 10.1. The average Bonchev–Trinajstić information content (AvgIpc) is 2.25. The molecule has 0 unspecified atom stereocenters. The van der Waals surface area contributed by atoms with E-state index < -0.39 is 0 Å². The summed E-state index contributed by atoms with van der Waals surface area (Å²) in [6, 6.07) is 0. The van der Waals surface area contributed by atoms with E-state index in [0.29, 0.717) is 5.92 Å². The molecule has 1 saturated carbocycles. The van der Waals surface area contributed by atoms with Crippen LogP contribution in [-0.4, -0.2) is 12.8 Å². The van der Waals surface area contributed by atoms with Gasteiger partial charge in [-0.2, -0.15) is 0 Å². The maximum Gasteiger partial charge on any atom is 0.117 e. The SMILES string of the molecule is CCCCCO/N=[C]/C1CCCCC1. The second-order valence-electron chi connectivity index (χ2n) is 4.10. The molecule has 14 heavy (non-hydrogen) atoms. The zero-order valence-corrected chi connectivity index (χ0v) is 9.30. The molecule has 0 aromatic carbocycles. The van der Waals surface area contributed by atoms with Crippen molar-refractivity contribution in [3.8, 4) is 0 Å². The van der Waals surface area contributed by atoms with E-state index in [1.165, 1.54) is 44.9 Å². The largest absolute Gasteiger partial charge is 0.396 e. The molecule has 1 rings (SSSR count). The van der Waals surface area contributed by atoms with E-state index in [1.807, 2.05) is 0 Å². The predicted octanol–water partition coefficient (Wildman–Crippen LogP) is 3.64. The van der Waals surface area contributed by atoms with Crippen LogP contribution in [0.1, 0.15) is 58.3 Å². The van der Waals surface area contributed by atoms with Gasteiger partial charge in [-0.3, -0.25) is 0 Å². The van der Waals surface area contributed by atoms with Crippen LogP contribution in [0.5, 0.6) is 0 Å². The standard InChI is InChI=1S/C12H22NO/c1-2-3-7-10-14-13-11-12-8-5-4-6-9-12/h12H,2-10H2,1H3. The molecule has 2 heteroatoms. The lowest BCUT2D eigenvalue weighted by Gasteiger charge is -2.15. The summed E-state index contributed by atoms with van der Waals surface area (Å²) in [5, 5.41) is 3.92. The van der Waals surface area contributed by atoms with Crippen LogP contribution in [-0.2, 0) is 4.84 Å². The molecule has 0 aromatic rings. The monoisotopic (exact) mass is 196 g/mol. The zero-order valence-electron chi connectivity index (χ0n) is 9.30. The highest BCUT2D eigenvalue weighted by Crippen LogP contribution is 2.21. The molecule has 0 spiro atoms. The molecule has 0 atom stereocenters. The number of hydrogen-bond acceptors (Lipinski definition) is 2. The molecule has 0 bridgehead atoms. The average molecular weight is 196 g/mol. The molecular weight excluding hydrogens is 174 g/mol. The number of nitrogens with zero attached hydrogens (tertiary/aromatic N) is 1. The first-order chi connectivity index (χ1) is 6.93. The van der Waals surface area contributed by atoms with Gasteiger partial charge in [-0.25, -0.2) is 0 Å². The van der Waals surface area contributed by atoms with Crippen molar-refractivity contribution < 1.29 is 4.84 Å². The molecule has 1 fully saturated rings. The van der Waals surface area contributed by atoms with Gasteiger partial charge in [0.1, 0.15) is 12.8 Å². The summed E-state index contributed by atoms with van der Waals surface area (Å²) in [6.45, 7) is 2.95. The first-order valence-corrected chi connectivity index (χ1v) is 6.01. The van der Waals surface area contributed by atoms with Gasteiger partial charge in [-0.15, -0.1) is 0 Å². The van der Waals surface area contributed by atoms with Crippen molar-refractivity contribution in [1.82, 2.24) is 0 Å². The van der Waals surface area contributed by atoms with Gasteiger partial charge in [0, 0.05) is 5.92 Å². The minimum absolute atomic E-state index is 0.565. The van der Waals surface area contributed by atoms with E-state index in [-0.39, 0.29) is 0 Å². The molecule has 1 radical (unpaired) electrons. The highest BCUT2D eigenvalue weighted by atomic mass is 16.6. The number of hydrogen-bond donors (Lipinski definition) is 0. The third-order valence-electron chi connectivity index (χ3n) is 2.74. The smallest absolute Gasteiger partial charge is 0.117 e. The Hall–Kier alpha value is -0.530. The fourth-order valence-electron chi connectivity index (χ4n) is 1.81. The molecule has 1 aliphatic rings. The summed E-state index contributed by atoms with van der Waals surface area (Å²) in [4.78, 5) is 5.15. The van der Waals surface area contributed by atoms with Crippen molar-refractivity contribution >= 4 is 6.21 Å². The Kier molecular flexibility index (Phi) is 6.46. The van der Waals surface area contributed by atoms with Gasteiger partial charge in [-0.05, 0) is 19.3 Å². The Balaban J connectivity index is 1.96. The van der Waals surface area contributed by atoms with Crippen LogP contribution in [0.25, 0.3) is 0 Å². The Morgan fingerprint density at radius 2 is 2.00 bits per heavy atom. The molecule has 0 heterocycles. The first-order valence-electron chi connectivity index (χ1n) is 6.01. The molecule has 0 amide bonds. The number of rotatable bonds is 6. The lowest BCUT2D eigenvalue weighted by atomic mass is 9.90. The highest BCUT2D eigenvalue weighted by Gasteiger charge is 2.11. The Bertz CT molecular complexity index is 150. The van der Waals surface area contributed by atoms with E-state index in [9.17, 15) is 0 Å². The van der Waals surface area contributed by atoms with Gasteiger partial charge in [-0.1, -0.05) is 44.2 Å². The third-order valence-corrected chi connectivity index (χ3v) is 2.74. The summed E-state index contributed by atoms with van der Waals surface area (Å²) in [5.41, 5.74) is 0. The summed E-state index contributed by atoms with van der Waals surface area (Å²) < 4.78 is 0. The molecule has 2 nitrogen and oxygen atoms in total. The van der Waals surface area contributed by atoms with Crippen LogP contribution in [0.3, 0.4) is 0 Å². The summed E-state index contributed by atoms with van der Waals surface area (Å²) >= 11 is 0. The van der Waals surface area contributed by atoms with Crippen LogP contribution < -0.4 is 0 Å². The van der Waals surface area contributed by atoms with Crippen molar-refractivity contribution in [2.45, 2.75) is 58.3 Å². The lowest BCUT2D eigenvalue weighted by Crippen LogP contribution is -2.07. The van der Waals surface area contributed by atoms with Gasteiger partial charge in [0.25, 0.3) is 0 Å². The third kappa shape index (κ3) is 5.25. The minimum Gasteiger partial charge on any atom is -0.396 e. The van der Waals surface area contributed by atoms with Gasteiger partial charge in [0.05, 0.1) is 0 Å². The molecule has 1 aliphatic carbocycles. The first kappa shape index (κ1) is 11.5. The molecule has 0 N–H and O–H groups in total. The van der Waals surface area contributed by atoms with Crippen LogP contribution in [0.2, 0.25) is 0 Å². The number of unbranched alkanes of at least 4 members (excludes halogenated alkanes) is 2. The fraction of sp³-hybridized carbons (Fsp3) is 0.917. The quantitative estimate of drug-likeness (QED) is 0.361. The molecule has 0 aliphatic heterocycles. The molecule has 0 saturated heterocycles. The Morgan fingerprint density at radius 3 is 2.71 bits per heavy atom. The van der Waals surface area contributed by atoms with E-state index in [4.69, 9.17) is 4.84 Å². The highest BCUT2D eigenvalue weighted by molar-refractivity contribution is 5.59. The summed E-state index contributed by atoms with van der Waals surface area (Å²) in [7, 11) is 0. The second-order valence-corrected chi connectivity index (χ2v) is 4.10. The van der Waals surface area contributed by atoms with E-state index >= 15 is 0 Å². The normalized spacial score (nSPS) is 18.9. The topological polar surface area (TPSA) is 21.6 Å². The lowest BCUT2D eigenvalue weighted by molar-refractivity contribution is 0.139. The maximum absolute atomic E-state index is 5.15. The predicted molar refractivity (Wildman–Crippen MR) is 59.5 cm³/mol. The molecule has 81 valence electrons. The van der Waals surface area contributed by atoms with Crippen LogP contribution in [0, 0.1) is 5.92 Å². The van der Waals surface area contributed by atoms with Gasteiger partial charge < -0.3 is 4.84 Å². The second kappa shape index (κ2) is 7.84. The summed E-state index contributed by atoms with van der Waals surface area (Å²) in [6.07, 6.45) is 13.3. The molecular formula is C12H22NO. The summed E-state index contributed by atoms with van der Waals surface area (Å²) in [5.74, 6) is 0.565. The van der Waals surface area contributed by atoms with Crippen LogP contribution in [0.4, 0.5) is 0 Å². The molecule has 0 aromatic heterocycles. The Morgan fingerprint density at radius 1 is 1.21 bits per heavy atom. The van der Waals surface area contributed by atoms with Crippen LogP contribution in [0.15, 0.2) is 5.16 Å². The van der Waals surface area contributed by atoms with E-state index in [1.54, 1.807) is 0 Å². The van der Waals surface area contributed by atoms with E-state index in [2.05, 4.69) is 18.3 Å². The van der Waals surface area contributed by atoms with Crippen LogP contribution >= 0.6 is 0 Å². The van der Waals surface area contributed by atoms with Crippen molar-refractivity contribution in [3.05, 3.63) is 0 Å². The maximum atomic E-state index is 5.15. The van der Waals surface area contributed by atoms with Crippen molar-refractivity contribution in [1.29, 1.82) is 0 Å². The van der Waals surface area contributed by atoms with Gasteiger partial charge in [0.2, 0.25) is 0 Å². The van der Waals surface area contributed by atoms with Gasteiger partial charge >= 0.3 is 0 Å². The van der Waals surface area contributed by atoms with E-state index in [0.717, 1.165) is 13.0 Å². The van der Waals surface area contributed by atoms with Gasteiger partial charge in [0.15, 0.2) is 0 Å². The minimum atomic E-state index is 0.565. The van der Waals surface area contributed by atoms with Crippen molar-refractivity contribution in [2.24, 2.45) is 11.1 Å². The van der Waals surface area contributed by atoms with Crippen molar-refractivity contribution in [2.75, 3.05) is 6.61 Å². The Labute approximate surface area is 87.7 Å². The fourth-order valence-corrected chi connectivity index (χ4v) is 1.81. The van der Waals surface area contributed by atoms with Crippen molar-refractivity contribution in [3.63, 3.8) is 0 Å².